The maximum Gasteiger partial charge on any atom is 0.270 e. The molecule has 1 aromatic heterocycles. The van der Waals surface area contributed by atoms with Crippen LogP contribution >= 0.6 is 0 Å². The second-order valence-electron chi connectivity index (χ2n) is 6.78. The van der Waals surface area contributed by atoms with Gasteiger partial charge < -0.3 is 10.6 Å². The quantitative estimate of drug-likeness (QED) is 0.708. The Morgan fingerprint density at radius 1 is 0.926 bits per heavy atom. The van der Waals surface area contributed by atoms with E-state index in [1.807, 2.05) is 70.2 Å². The molecule has 138 valence electrons. The first-order valence-corrected chi connectivity index (χ1v) is 8.95. The smallest absolute Gasteiger partial charge is 0.270 e. The molecule has 0 radical (unpaired) electrons. The first-order chi connectivity index (χ1) is 12.9. The van der Waals surface area contributed by atoms with Gasteiger partial charge in [-0.15, -0.1) is 0 Å². The second kappa shape index (κ2) is 7.99. The van der Waals surface area contributed by atoms with Crippen molar-refractivity contribution in [1.29, 1.82) is 0 Å². The highest BCUT2D eigenvalue weighted by Gasteiger charge is 2.12. The van der Waals surface area contributed by atoms with Gasteiger partial charge in [-0.25, -0.2) is 9.97 Å². The summed E-state index contributed by atoms with van der Waals surface area (Å²) in [5.74, 6) is 0.207. The SMILES string of the molecule is Cc1ccc(CNC(=O)c2cc(C)nc(Nc3c(C)cccc3C)n2)cc1. The van der Waals surface area contributed by atoms with E-state index in [4.69, 9.17) is 0 Å². The van der Waals surface area contributed by atoms with Crippen molar-refractivity contribution in [2.24, 2.45) is 0 Å². The fourth-order valence-electron chi connectivity index (χ4n) is 2.84. The first-order valence-electron chi connectivity index (χ1n) is 8.95. The van der Waals surface area contributed by atoms with Crippen molar-refractivity contribution < 1.29 is 4.79 Å². The summed E-state index contributed by atoms with van der Waals surface area (Å²) in [6.45, 7) is 8.41. The van der Waals surface area contributed by atoms with Crippen LogP contribution in [0.2, 0.25) is 0 Å². The number of para-hydroxylation sites is 1. The largest absolute Gasteiger partial charge is 0.347 e. The first kappa shape index (κ1) is 18.6. The molecular weight excluding hydrogens is 336 g/mol. The zero-order valence-corrected chi connectivity index (χ0v) is 16.1. The van der Waals surface area contributed by atoms with E-state index in [1.54, 1.807) is 6.07 Å². The number of anilines is 2. The summed E-state index contributed by atoms with van der Waals surface area (Å²) in [5.41, 5.74) is 6.50. The number of amides is 1. The van der Waals surface area contributed by atoms with E-state index in [0.29, 0.717) is 18.2 Å². The molecule has 0 saturated carbocycles. The molecule has 3 aromatic rings. The number of hydrogen-bond donors (Lipinski definition) is 2. The van der Waals surface area contributed by atoms with E-state index in [2.05, 4.69) is 20.6 Å². The normalized spacial score (nSPS) is 10.5. The number of rotatable bonds is 5. The number of nitrogens with zero attached hydrogens (tertiary/aromatic N) is 2. The Morgan fingerprint density at radius 3 is 2.26 bits per heavy atom. The van der Waals surface area contributed by atoms with Crippen LogP contribution in [0.15, 0.2) is 48.5 Å². The summed E-state index contributed by atoms with van der Waals surface area (Å²) in [7, 11) is 0. The monoisotopic (exact) mass is 360 g/mol. The summed E-state index contributed by atoms with van der Waals surface area (Å²) in [5, 5.41) is 6.17. The van der Waals surface area contributed by atoms with Crippen LogP contribution in [0.25, 0.3) is 0 Å². The number of hydrogen-bond acceptors (Lipinski definition) is 4. The molecule has 0 atom stereocenters. The fraction of sp³-hybridized carbons (Fsp3) is 0.227. The summed E-state index contributed by atoms with van der Waals surface area (Å²) in [4.78, 5) is 21.4. The van der Waals surface area contributed by atoms with Crippen LogP contribution in [0.1, 0.15) is 38.4 Å². The van der Waals surface area contributed by atoms with Crippen molar-refractivity contribution in [3.63, 3.8) is 0 Å². The lowest BCUT2D eigenvalue weighted by molar-refractivity contribution is 0.0945. The van der Waals surface area contributed by atoms with Gasteiger partial charge in [0.1, 0.15) is 5.69 Å². The molecular formula is C22H24N4O. The summed E-state index contributed by atoms with van der Waals surface area (Å²) < 4.78 is 0. The van der Waals surface area contributed by atoms with E-state index >= 15 is 0 Å². The molecule has 5 heteroatoms. The van der Waals surface area contributed by atoms with Gasteiger partial charge in [0.15, 0.2) is 0 Å². The minimum Gasteiger partial charge on any atom is -0.347 e. The lowest BCUT2D eigenvalue weighted by Gasteiger charge is -2.13. The minimum atomic E-state index is -0.217. The predicted octanol–water partition coefficient (Wildman–Crippen LogP) is 4.38. The average molecular weight is 360 g/mol. The van der Waals surface area contributed by atoms with E-state index in [0.717, 1.165) is 28.1 Å². The lowest BCUT2D eigenvalue weighted by Crippen LogP contribution is -2.24. The standard InChI is InChI=1S/C22H24N4O/c1-14-8-10-18(11-9-14)13-23-21(27)19-12-17(4)24-22(25-19)26-20-15(2)6-5-7-16(20)3/h5-12H,13H2,1-4H3,(H,23,27)(H,24,25,26). The van der Waals surface area contributed by atoms with Gasteiger partial charge in [0.05, 0.1) is 0 Å². The van der Waals surface area contributed by atoms with E-state index in [-0.39, 0.29) is 5.91 Å². The van der Waals surface area contributed by atoms with Crippen LogP contribution in [0.3, 0.4) is 0 Å². The molecule has 0 aliphatic rings. The molecule has 0 fully saturated rings. The van der Waals surface area contributed by atoms with Gasteiger partial charge in [0, 0.05) is 17.9 Å². The van der Waals surface area contributed by atoms with Crippen molar-refractivity contribution in [1.82, 2.24) is 15.3 Å². The van der Waals surface area contributed by atoms with Crippen LogP contribution in [-0.4, -0.2) is 15.9 Å². The third-order valence-electron chi connectivity index (χ3n) is 4.38. The molecule has 0 bridgehead atoms. The lowest BCUT2D eigenvalue weighted by atomic mass is 10.1. The van der Waals surface area contributed by atoms with Crippen LogP contribution < -0.4 is 10.6 Å². The highest BCUT2D eigenvalue weighted by Crippen LogP contribution is 2.22. The van der Waals surface area contributed by atoms with Gasteiger partial charge in [-0.05, 0) is 50.5 Å². The molecule has 1 heterocycles. The van der Waals surface area contributed by atoms with Gasteiger partial charge in [-0.1, -0.05) is 48.0 Å². The van der Waals surface area contributed by atoms with Crippen LogP contribution in [-0.2, 0) is 6.54 Å². The fourth-order valence-corrected chi connectivity index (χ4v) is 2.84. The number of benzene rings is 2. The number of carbonyl (C=O) groups excluding carboxylic acids is 1. The zero-order valence-electron chi connectivity index (χ0n) is 16.1. The van der Waals surface area contributed by atoms with Crippen molar-refractivity contribution in [3.05, 3.63) is 82.2 Å². The second-order valence-corrected chi connectivity index (χ2v) is 6.78. The average Bonchev–Trinajstić information content (AvgIpc) is 2.64. The predicted molar refractivity (Wildman–Crippen MR) is 108 cm³/mol. The maximum atomic E-state index is 12.5. The Morgan fingerprint density at radius 2 is 1.59 bits per heavy atom. The molecule has 0 aliphatic carbocycles. The van der Waals surface area contributed by atoms with Crippen molar-refractivity contribution in [2.75, 3.05) is 5.32 Å². The highest BCUT2D eigenvalue weighted by atomic mass is 16.1. The third-order valence-corrected chi connectivity index (χ3v) is 4.38. The summed E-state index contributed by atoms with van der Waals surface area (Å²) in [6, 6.07) is 15.8. The molecule has 27 heavy (non-hydrogen) atoms. The Bertz CT molecular complexity index is 944. The Balaban J connectivity index is 1.76. The topological polar surface area (TPSA) is 66.9 Å². The maximum absolute atomic E-state index is 12.5. The molecule has 2 N–H and O–H groups in total. The van der Waals surface area contributed by atoms with Crippen LogP contribution in [0, 0.1) is 27.7 Å². The van der Waals surface area contributed by atoms with E-state index in [1.165, 1.54) is 5.56 Å². The molecule has 2 aromatic carbocycles. The van der Waals surface area contributed by atoms with Gasteiger partial charge in [-0.3, -0.25) is 4.79 Å². The van der Waals surface area contributed by atoms with E-state index < -0.39 is 0 Å². The van der Waals surface area contributed by atoms with Crippen LogP contribution in [0.5, 0.6) is 0 Å². The van der Waals surface area contributed by atoms with Crippen molar-refractivity contribution >= 4 is 17.5 Å². The Kier molecular flexibility index (Phi) is 5.50. The molecule has 0 spiro atoms. The van der Waals surface area contributed by atoms with Gasteiger partial charge >= 0.3 is 0 Å². The number of aromatic nitrogens is 2. The van der Waals surface area contributed by atoms with E-state index in [9.17, 15) is 4.79 Å². The molecule has 5 nitrogen and oxygen atoms in total. The van der Waals surface area contributed by atoms with Crippen molar-refractivity contribution in [3.8, 4) is 0 Å². The van der Waals surface area contributed by atoms with Gasteiger partial charge in [-0.2, -0.15) is 0 Å². The minimum absolute atomic E-state index is 0.217. The highest BCUT2D eigenvalue weighted by molar-refractivity contribution is 5.92. The van der Waals surface area contributed by atoms with Gasteiger partial charge in [0.25, 0.3) is 5.91 Å². The summed E-state index contributed by atoms with van der Waals surface area (Å²) in [6.07, 6.45) is 0. The van der Waals surface area contributed by atoms with Crippen molar-refractivity contribution in [2.45, 2.75) is 34.2 Å². The molecule has 3 rings (SSSR count). The van der Waals surface area contributed by atoms with Gasteiger partial charge in [0.2, 0.25) is 5.95 Å². The molecule has 0 saturated heterocycles. The third kappa shape index (κ3) is 4.70. The molecule has 0 unspecified atom stereocenters. The number of aryl methyl sites for hydroxylation is 4. The van der Waals surface area contributed by atoms with Crippen LogP contribution in [0.4, 0.5) is 11.6 Å². The molecule has 0 aliphatic heterocycles. The zero-order chi connectivity index (χ0) is 19.4. The summed E-state index contributed by atoms with van der Waals surface area (Å²) >= 11 is 0. The molecule has 1 amide bonds. The Hall–Kier alpha value is -3.21. The number of carbonyl (C=O) groups is 1. The Labute approximate surface area is 159 Å². The number of nitrogens with one attached hydrogen (secondary N) is 2.